The van der Waals surface area contributed by atoms with Crippen LogP contribution in [0.1, 0.15) is 43.0 Å². The molecule has 0 saturated heterocycles. The van der Waals surface area contributed by atoms with Crippen molar-refractivity contribution in [2.75, 3.05) is 0 Å². The van der Waals surface area contributed by atoms with Gasteiger partial charge in [-0.05, 0) is 38.0 Å². The molecule has 1 fully saturated rings. The van der Waals surface area contributed by atoms with Crippen LogP contribution in [-0.4, -0.2) is 27.5 Å². The molecule has 1 amide bonds. The normalized spacial score (nSPS) is 22.4. The van der Waals surface area contributed by atoms with Crippen LogP contribution in [0.4, 0.5) is 0 Å². The molecule has 0 bridgehead atoms. The second-order valence-corrected chi connectivity index (χ2v) is 6.81. The molecule has 3 rings (SSSR count). The maximum atomic E-state index is 12.6. The number of aliphatic carboxylic acids is 1. The highest BCUT2D eigenvalue weighted by Gasteiger charge is 2.42. The zero-order chi connectivity index (χ0) is 18.6. The number of aromatic nitrogens is 1. The number of nitrogens with one attached hydrogen (secondary N) is 1. The predicted molar refractivity (Wildman–Crippen MR) is 96.2 cm³/mol. The van der Waals surface area contributed by atoms with E-state index in [1.165, 1.54) is 6.20 Å². The molecule has 136 valence electrons. The summed E-state index contributed by atoms with van der Waals surface area (Å²) in [5.74, 6) is -0.707. The van der Waals surface area contributed by atoms with Gasteiger partial charge < -0.3 is 15.2 Å². The first-order valence-corrected chi connectivity index (χ1v) is 8.72. The van der Waals surface area contributed by atoms with Crippen molar-refractivity contribution in [2.24, 2.45) is 5.92 Å². The van der Waals surface area contributed by atoms with Gasteiger partial charge in [0.25, 0.3) is 5.91 Å². The number of amides is 1. The van der Waals surface area contributed by atoms with E-state index in [2.05, 4.69) is 10.3 Å². The Hall–Kier alpha value is -2.89. The molecule has 1 heterocycles. The third-order valence-corrected chi connectivity index (χ3v) is 4.87. The Bertz CT molecular complexity index is 776. The summed E-state index contributed by atoms with van der Waals surface area (Å²) >= 11 is 0. The van der Waals surface area contributed by atoms with Crippen LogP contribution in [0.15, 0.2) is 48.7 Å². The summed E-state index contributed by atoms with van der Waals surface area (Å²) in [4.78, 5) is 28.3. The van der Waals surface area contributed by atoms with Crippen LogP contribution in [0, 0.1) is 5.92 Å². The van der Waals surface area contributed by atoms with Crippen LogP contribution < -0.4 is 10.1 Å². The highest BCUT2D eigenvalue weighted by Crippen LogP contribution is 2.34. The fourth-order valence-corrected chi connectivity index (χ4v) is 3.39. The third kappa shape index (κ3) is 4.02. The summed E-state index contributed by atoms with van der Waals surface area (Å²) in [5.41, 5.74) is -0.373. The van der Waals surface area contributed by atoms with Gasteiger partial charge in [0.1, 0.15) is 5.75 Å². The average molecular weight is 354 g/mol. The molecule has 0 radical (unpaired) electrons. The van der Waals surface area contributed by atoms with Crippen molar-refractivity contribution < 1.29 is 19.4 Å². The van der Waals surface area contributed by atoms with Crippen LogP contribution in [0.25, 0.3) is 0 Å². The van der Waals surface area contributed by atoms with E-state index in [9.17, 15) is 14.7 Å². The second kappa shape index (κ2) is 7.56. The van der Waals surface area contributed by atoms with Crippen molar-refractivity contribution in [1.29, 1.82) is 0 Å². The fraction of sp³-hybridized carbons (Fsp3) is 0.350. The fourth-order valence-electron chi connectivity index (χ4n) is 3.39. The largest absolute Gasteiger partial charge is 0.481 e. The molecular formula is C20H22N2O4. The number of carboxylic acids is 1. The molecule has 2 unspecified atom stereocenters. The molecule has 0 spiro atoms. The molecule has 1 aliphatic rings. The number of carbonyl (C=O) groups is 2. The van der Waals surface area contributed by atoms with Crippen molar-refractivity contribution in [1.82, 2.24) is 10.3 Å². The summed E-state index contributed by atoms with van der Waals surface area (Å²) in [5, 5.41) is 12.4. The van der Waals surface area contributed by atoms with Gasteiger partial charge in [0.05, 0.1) is 17.0 Å². The number of carboxylic acid groups (broad SMARTS) is 1. The van der Waals surface area contributed by atoms with Gasteiger partial charge in [-0.3, -0.25) is 9.59 Å². The van der Waals surface area contributed by atoms with E-state index in [1.807, 2.05) is 37.3 Å². The van der Waals surface area contributed by atoms with Gasteiger partial charge in [-0.1, -0.05) is 31.0 Å². The van der Waals surface area contributed by atoms with E-state index in [1.54, 1.807) is 12.1 Å². The summed E-state index contributed by atoms with van der Waals surface area (Å²) in [6, 6.07) is 12.5. The van der Waals surface area contributed by atoms with Gasteiger partial charge in [-0.25, -0.2) is 4.98 Å². The maximum absolute atomic E-state index is 12.6. The summed E-state index contributed by atoms with van der Waals surface area (Å²) in [7, 11) is 0. The Balaban J connectivity index is 1.68. The number of pyridine rings is 1. The average Bonchev–Trinajstić information content (AvgIpc) is 2.63. The lowest BCUT2D eigenvalue weighted by Crippen LogP contribution is -2.55. The lowest BCUT2D eigenvalue weighted by atomic mass is 9.74. The highest BCUT2D eigenvalue weighted by molar-refractivity contribution is 5.94. The van der Waals surface area contributed by atoms with E-state index in [0.717, 1.165) is 12.8 Å². The van der Waals surface area contributed by atoms with Crippen LogP contribution in [0.5, 0.6) is 11.6 Å². The van der Waals surface area contributed by atoms with E-state index < -0.39 is 17.4 Å². The molecule has 1 aromatic carbocycles. The summed E-state index contributed by atoms with van der Waals surface area (Å²) < 4.78 is 5.61. The minimum Gasteiger partial charge on any atom is -0.481 e. The first kappa shape index (κ1) is 17.9. The Morgan fingerprint density at radius 3 is 2.62 bits per heavy atom. The number of ether oxygens (including phenoxy) is 1. The SMILES string of the molecule is CC1(NC(=O)c2ccc(Oc3ccccc3)nc2)CCCCC1C(=O)O. The predicted octanol–water partition coefficient (Wildman–Crippen LogP) is 3.64. The maximum Gasteiger partial charge on any atom is 0.308 e. The number of benzene rings is 1. The molecule has 1 aliphatic carbocycles. The van der Waals surface area contributed by atoms with Crippen molar-refractivity contribution in [3.05, 3.63) is 54.2 Å². The summed E-state index contributed by atoms with van der Waals surface area (Å²) in [6.45, 7) is 1.81. The Morgan fingerprint density at radius 1 is 1.19 bits per heavy atom. The molecular weight excluding hydrogens is 332 g/mol. The van der Waals surface area contributed by atoms with Gasteiger partial charge in [0.2, 0.25) is 5.88 Å². The van der Waals surface area contributed by atoms with Gasteiger partial charge in [0.15, 0.2) is 0 Å². The van der Waals surface area contributed by atoms with Crippen LogP contribution in [-0.2, 0) is 4.79 Å². The smallest absolute Gasteiger partial charge is 0.308 e. The number of para-hydroxylation sites is 1. The highest BCUT2D eigenvalue weighted by atomic mass is 16.5. The molecule has 2 N–H and O–H groups in total. The van der Waals surface area contributed by atoms with E-state index in [-0.39, 0.29) is 5.91 Å². The van der Waals surface area contributed by atoms with Crippen LogP contribution in [0.3, 0.4) is 0 Å². The number of hydrogen-bond acceptors (Lipinski definition) is 4. The van der Waals surface area contributed by atoms with Crippen molar-refractivity contribution >= 4 is 11.9 Å². The first-order chi connectivity index (χ1) is 12.5. The minimum atomic E-state index is -0.864. The minimum absolute atomic E-state index is 0.320. The third-order valence-electron chi connectivity index (χ3n) is 4.87. The number of rotatable bonds is 5. The molecule has 1 aromatic heterocycles. The number of hydrogen-bond donors (Lipinski definition) is 2. The Morgan fingerprint density at radius 2 is 1.96 bits per heavy atom. The Kier molecular flexibility index (Phi) is 5.21. The second-order valence-electron chi connectivity index (χ2n) is 6.81. The van der Waals surface area contributed by atoms with E-state index >= 15 is 0 Å². The monoisotopic (exact) mass is 354 g/mol. The molecule has 6 nitrogen and oxygen atoms in total. The lowest BCUT2D eigenvalue weighted by molar-refractivity contribution is -0.145. The molecule has 1 saturated carbocycles. The van der Waals surface area contributed by atoms with Gasteiger partial charge in [-0.15, -0.1) is 0 Å². The van der Waals surface area contributed by atoms with E-state index in [4.69, 9.17) is 4.74 Å². The van der Waals surface area contributed by atoms with Crippen LogP contribution >= 0.6 is 0 Å². The molecule has 26 heavy (non-hydrogen) atoms. The molecule has 6 heteroatoms. The van der Waals surface area contributed by atoms with E-state index in [0.29, 0.717) is 30.0 Å². The van der Waals surface area contributed by atoms with Crippen molar-refractivity contribution in [3.63, 3.8) is 0 Å². The molecule has 0 aliphatic heterocycles. The van der Waals surface area contributed by atoms with Crippen molar-refractivity contribution in [2.45, 2.75) is 38.1 Å². The molecule has 2 atom stereocenters. The standard InChI is InChI=1S/C20H22N2O4/c1-20(12-6-5-9-16(20)19(24)25)22-18(23)14-10-11-17(21-13-14)26-15-7-3-2-4-8-15/h2-4,7-8,10-11,13,16H,5-6,9,12H2,1H3,(H,22,23)(H,24,25). The van der Waals surface area contributed by atoms with Gasteiger partial charge in [-0.2, -0.15) is 0 Å². The summed E-state index contributed by atoms with van der Waals surface area (Å²) in [6.07, 6.45) is 4.44. The zero-order valence-electron chi connectivity index (χ0n) is 14.6. The topological polar surface area (TPSA) is 88.5 Å². The lowest BCUT2D eigenvalue weighted by Gasteiger charge is -2.39. The van der Waals surface area contributed by atoms with Gasteiger partial charge in [0, 0.05) is 12.3 Å². The van der Waals surface area contributed by atoms with Crippen molar-refractivity contribution in [3.8, 4) is 11.6 Å². The first-order valence-electron chi connectivity index (χ1n) is 8.72. The zero-order valence-corrected chi connectivity index (χ0v) is 14.6. The van der Waals surface area contributed by atoms with Gasteiger partial charge >= 0.3 is 5.97 Å². The number of carbonyl (C=O) groups excluding carboxylic acids is 1. The molecule has 2 aromatic rings. The Labute approximate surface area is 152 Å². The number of nitrogens with zero attached hydrogens (tertiary/aromatic N) is 1. The van der Waals surface area contributed by atoms with Crippen LogP contribution in [0.2, 0.25) is 0 Å². The quantitative estimate of drug-likeness (QED) is 0.856.